The highest BCUT2D eigenvalue weighted by Crippen LogP contribution is 2.27. The summed E-state index contributed by atoms with van der Waals surface area (Å²) in [4.78, 5) is 17.1. The van der Waals surface area contributed by atoms with Crippen LogP contribution in [0.15, 0.2) is 48.8 Å². The van der Waals surface area contributed by atoms with E-state index in [0.717, 1.165) is 25.7 Å². The van der Waals surface area contributed by atoms with Gasteiger partial charge in [0, 0.05) is 24.0 Å². The molecule has 4 rings (SSSR count). The molecule has 1 aromatic carbocycles. The number of para-hydroxylation sites is 1. The Morgan fingerprint density at radius 3 is 2.64 bits per heavy atom. The maximum atomic E-state index is 14.4. The van der Waals surface area contributed by atoms with Gasteiger partial charge in [0.25, 0.3) is 5.91 Å². The first-order valence-electron chi connectivity index (χ1n) is 9.55. The Kier molecular flexibility index (Phi) is 5.14. The van der Waals surface area contributed by atoms with Crippen LogP contribution in [-0.4, -0.2) is 31.9 Å². The van der Waals surface area contributed by atoms with Crippen LogP contribution in [0.25, 0.3) is 16.9 Å². The van der Waals surface area contributed by atoms with Gasteiger partial charge in [-0.05, 0) is 55.9 Å². The highest BCUT2D eigenvalue weighted by molar-refractivity contribution is 5.98. The van der Waals surface area contributed by atoms with Crippen LogP contribution in [0.4, 0.5) is 4.39 Å². The Morgan fingerprint density at radius 1 is 1.14 bits per heavy atom. The predicted octanol–water partition coefficient (Wildman–Crippen LogP) is 3.78. The summed E-state index contributed by atoms with van der Waals surface area (Å²) in [6, 6.07) is 9.98. The van der Waals surface area contributed by atoms with Crippen LogP contribution in [0.2, 0.25) is 0 Å². The lowest BCUT2D eigenvalue weighted by atomic mass is 9.87. The molecule has 3 aromatic rings. The van der Waals surface area contributed by atoms with Crippen molar-refractivity contribution in [2.75, 3.05) is 0 Å². The number of aromatic nitrogens is 4. The van der Waals surface area contributed by atoms with E-state index in [2.05, 4.69) is 27.5 Å². The molecule has 2 heterocycles. The second-order valence-corrected chi connectivity index (χ2v) is 7.32. The lowest BCUT2D eigenvalue weighted by Gasteiger charge is -2.26. The first-order valence-corrected chi connectivity index (χ1v) is 9.55. The number of amides is 1. The average Bonchev–Trinajstić information content (AvgIpc) is 3.16. The van der Waals surface area contributed by atoms with Crippen LogP contribution in [-0.2, 0) is 0 Å². The summed E-state index contributed by atoms with van der Waals surface area (Å²) in [7, 11) is 0. The zero-order valence-electron chi connectivity index (χ0n) is 15.7. The third kappa shape index (κ3) is 3.65. The quantitative estimate of drug-likeness (QED) is 0.749. The fourth-order valence-electron chi connectivity index (χ4n) is 3.65. The number of nitrogens with one attached hydrogen (secondary N) is 1. The van der Waals surface area contributed by atoms with Crippen molar-refractivity contribution in [2.45, 2.75) is 38.6 Å². The summed E-state index contributed by atoms with van der Waals surface area (Å²) in [6.07, 6.45) is 7.37. The highest BCUT2D eigenvalue weighted by Gasteiger charge is 2.26. The monoisotopic (exact) mass is 379 g/mol. The lowest BCUT2D eigenvalue weighted by Crippen LogP contribution is -2.37. The minimum atomic E-state index is -0.439. The van der Waals surface area contributed by atoms with Gasteiger partial charge in [-0.3, -0.25) is 9.78 Å². The van der Waals surface area contributed by atoms with Crippen molar-refractivity contribution in [3.8, 4) is 16.9 Å². The van der Waals surface area contributed by atoms with Gasteiger partial charge in [-0.15, -0.1) is 5.10 Å². The number of hydrogen-bond donors (Lipinski definition) is 1. The van der Waals surface area contributed by atoms with Gasteiger partial charge in [0.2, 0.25) is 0 Å². The predicted molar refractivity (Wildman–Crippen MR) is 103 cm³/mol. The van der Waals surface area contributed by atoms with Gasteiger partial charge in [-0.2, -0.15) is 0 Å². The molecule has 28 heavy (non-hydrogen) atoms. The molecule has 1 aliphatic rings. The molecule has 1 N–H and O–H groups in total. The maximum absolute atomic E-state index is 14.4. The summed E-state index contributed by atoms with van der Waals surface area (Å²) >= 11 is 0. The van der Waals surface area contributed by atoms with E-state index in [-0.39, 0.29) is 23.3 Å². The van der Waals surface area contributed by atoms with Crippen LogP contribution in [0.1, 0.15) is 43.1 Å². The van der Waals surface area contributed by atoms with Gasteiger partial charge in [-0.25, -0.2) is 9.07 Å². The number of carbonyl (C=O) groups excluding carboxylic acids is 1. The zero-order chi connectivity index (χ0) is 19.5. The SMILES string of the molecule is CC1CCC(NC(=O)c2nnn(-c3ccccc3F)c2-c2cccnc2)CC1. The maximum Gasteiger partial charge on any atom is 0.274 e. The van der Waals surface area contributed by atoms with E-state index in [1.165, 1.54) is 10.7 Å². The standard InChI is InChI=1S/C21H22FN5O/c1-14-8-10-16(11-9-14)24-21(28)19-20(15-5-4-12-23-13-15)27(26-25-19)18-7-3-2-6-17(18)22/h2-7,12-14,16H,8-11H2,1H3,(H,24,28). The summed E-state index contributed by atoms with van der Waals surface area (Å²) in [5.41, 5.74) is 1.49. The van der Waals surface area contributed by atoms with Gasteiger partial charge in [0.15, 0.2) is 5.69 Å². The second kappa shape index (κ2) is 7.88. The van der Waals surface area contributed by atoms with Crippen LogP contribution in [0.3, 0.4) is 0 Å². The Labute approximate surface area is 162 Å². The Hall–Kier alpha value is -3.09. The van der Waals surface area contributed by atoms with E-state index >= 15 is 0 Å². The van der Waals surface area contributed by atoms with E-state index in [1.54, 1.807) is 36.7 Å². The third-order valence-electron chi connectivity index (χ3n) is 5.25. The second-order valence-electron chi connectivity index (χ2n) is 7.32. The summed E-state index contributed by atoms with van der Waals surface area (Å²) in [6.45, 7) is 2.23. The normalized spacial score (nSPS) is 19.4. The number of halogens is 1. The molecule has 0 atom stereocenters. The summed E-state index contributed by atoms with van der Waals surface area (Å²) < 4.78 is 15.8. The van der Waals surface area contributed by atoms with Gasteiger partial charge in [-0.1, -0.05) is 24.3 Å². The van der Waals surface area contributed by atoms with Gasteiger partial charge in [0.1, 0.15) is 17.2 Å². The first-order chi connectivity index (χ1) is 13.6. The lowest BCUT2D eigenvalue weighted by molar-refractivity contribution is 0.0918. The summed E-state index contributed by atoms with van der Waals surface area (Å²) in [5.74, 6) is -0.0344. The van der Waals surface area contributed by atoms with Crippen LogP contribution in [0, 0.1) is 11.7 Å². The third-order valence-corrected chi connectivity index (χ3v) is 5.25. The molecule has 0 radical (unpaired) electrons. The molecular weight excluding hydrogens is 357 g/mol. The highest BCUT2D eigenvalue weighted by atomic mass is 19.1. The molecule has 0 saturated heterocycles. The topological polar surface area (TPSA) is 72.7 Å². The van der Waals surface area contributed by atoms with E-state index in [4.69, 9.17) is 0 Å². The van der Waals surface area contributed by atoms with Crippen LogP contribution < -0.4 is 5.32 Å². The molecule has 144 valence electrons. The number of carbonyl (C=O) groups is 1. The molecule has 0 unspecified atom stereocenters. The largest absolute Gasteiger partial charge is 0.348 e. The molecule has 0 aliphatic heterocycles. The molecular formula is C21H22FN5O. The Balaban J connectivity index is 1.72. The average molecular weight is 379 g/mol. The van der Waals surface area contributed by atoms with Gasteiger partial charge < -0.3 is 5.32 Å². The minimum absolute atomic E-state index is 0.129. The first kappa shape index (κ1) is 18.3. The van der Waals surface area contributed by atoms with Crippen molar-refractivity contribution in [2.24, 2.45) is 5.92 Å². The van der Waals surface area contributed by atoms with E-state index in [0.29, 0.717) is 17.2 Å². The van der Waals surface area contributed by atoms with Crippen molar-refractivity contribution in [3.05, 3.63) is 60.3 Å². The van der Waals surface area contributed by atoms with Crippen molar-refractivity contribution in [1.29, 1.82) is 0 Å². The number of benzene rings is 1. The van der Waals surface area contributed by atoms with E-state index in [9.17, 15) is 9.18 Å². The number of rotatable bonds is 4. The van der Waals surface area contributed by atoms with Crippen molar-refractivity contribution in [1.82, 2.24) is 25.3 Å². The number of hydrogen-bond acceptors (Lipinski definition) is 4. The van der Waals surface area contributed by atoms with E-state index < -0.39 is 5.82 Å². The number of pyridine rings is 1. The molecule has 1 fully saturated rings. The minimum Gasteiger partial charge on any atom is -0.348 e. The Morgan fingerprint density at radius 2 is 1.93 bits per heavy atom. The Bertz CT molecular complexity index is 964. The van der Waals surface area contributed by atoms with Crippen LogP contribution >= 0.6 is 0 Å². The number of nitrogens with zero attached hydrogens (tertiary/aromatic N) is 4. The van der Waals surface area contributed by atoms with Gasteiger partial charge >= 0.3 is 0 Å². The molecule has 1 amide bonds. The smallest absolute Gasteiger partial charge is 0.274 e. The van der Waals surface area contributed by atoms with E-state index in [1.807, 2.05) is 6.07 Å². The zero-order valence-corrected chi connectivity index (χ0v) is 15.7. The van der Waals surface area contributed by atoms with Gasteiger partial charge in [0.05, 0.1) is 0 Å². The molecule has 6 nitrogen and oxygen atoms in total. The fraction of sp³-hybridized carbons (Fsp3) is 0.333. The molecule has 1 aliphatic carbocycles. The molecule has 0 bridgehead atoms. The van der Waals surface area contributed by atoms with Crippen molar-refractivity contribution < 1.29 is 9.18 Å². The van der Waals surface area contributed by atoms with Crippen molar-refractivity contribution >= 4 is 5.91 Å². The fourth-order valence-corrected chi connectivity index (χ4v) is 3.65. The molecule has 7 heteroatoms. The van der Waals surface area contributed by atoms with Crippen LogP contribution in [0.5, 0.6) is 0 Å². The van der Waals surface area contributed by atoms with Crippen molar-refractivity contribution in [3.63, 3.8) is 0 Å². The molecule has 2 aromatic heterocycles. The summed E-state index contributed by atoms with van der Waals surface area (Å²) in [5, 5.41) is 11.3. The molecule has 1 saturated carbocycles. The molecule has 0 spiro atoms.